The van der Waals surface area contributed by atoms with Crippen molar-refractivity contribution in [1.82, 2.24) is 0 Å². The molecule has 1 N–H and O–H groups in total. The Balaban J connectivity index is 2.06. The highest BCUT2D eigenvalue weighted by atomic mass is 35.5. The van der Waals surface area contributed by atoms with Gasteiger partial charge in [0, 0.05) is 28.4 Å². The fourth-order valence-corrected chi connectivity index (χ4v) is 5.36. The predicted octanol–water partition coefficient (Wildman–Crippen LogP) is 4.13. The van der Waals surface area contributed by atoms with Crippen LogP contribution in [0, 0.1) is 0 Å². The molecule has 0 spiro atoms. The fraction of sp³-hybridized carbons (Fsp3) is 0.538. The van der Waals surface area contributed by atoms with Crippen LogP contribution in [0.15, 0.2) is 18.2 Å². The number of benzene rings is 1. The number of hydrogen-bond acceptors (Lipinski definition) is 3. The SMILES string of the molecule is CC1SCCSC1C(O)Cc1cccc(Cl)c1Cl. The first kappa shape index (κ1) is 14.9. The summed E-state index contributed by atoms with van der Waals surface area (Å²) >= 11 is 15.9. The van der Waals surface area contributed by atoms with Crippen LogP contribution in [0.5, 0.6) is 0 Å². The molecule has 3 unspecified atom stereocenters. The molecule has 18 heavy (non-hydrogen) atoms. The topological polar surface area (TPSA) is 20.2 Å². The molecule has 0 bridgehead atoms. The molecule has 0 saturated carbocycles. The summed E-state index contributed by atoms with van der Waals surface area (Å²) in [6, 6.07) is 5.58. The quantitative estimate of drug-likeness (QED) is 0.903. The lowest BCUT2D eigenvalue weighted by Gasteiger charge is -2.31. The highest BCUT2D eigenvalue weighted by molar-refractivity contribution is 8.07. The number of halogens is 2. The third-order valence-corrected chi connectivity index (χ3v) is 7.17. The van der Waals surface area contributed by atoms with Gasteiger partial charge in [0.1, 0.15) is 0 Å². The average Bonchev–Trinajstić information content (AvgIpc) is 2.35. The molecule has 1 heterocycles. The standard InChI is InChI=1S/C13H16Cl2OS2/c1-8-13(18-6-5-17-8)11(16)7-9-3-2-4-10(14)12(9)15/h2-4,8,11,13,16H,5-7H2,1H3. The van der Waals surface area contributed by atoms with Crippen LogP contribution in [-0.4, -0.2) is 33.2 Å². The van der Waals surface area contributed by atoms with Crippen molar-refractivity contribution in [2.24, 2.45) is 0 Å². The van der Waals surface area contributed by atoms with Gasteiger partial charge in [0.25, 0.3) is 0 Å². The molecule has 1 aliphatic rings. The van der Waals surface area contributed by atoms with E-state index in [1.165, 1.54) is 5.75 Å². The zero-order valence-electron chi connectivity index (χ0n) is 10.1. The monoisotopic (exact) mass is 322 g/mol. The summed E-state index contributed by atoms with van der Waals surface area (Å²) in [6.45, 7) is 2.18. The van der Waals surface area contributed by atoms with Crippen LogP contribution in [0.4, 0.5) is 0 Å². The van der Waals surface area contributed by atoms with Crippen molar-refractivity contribution < 1.29 is 5.11 Å². The van der Waals surface area contributed by atoms with Crippen LogP contribution in [0.25, 0.3) is 0 Å². The summed E-state index contributed by atoms with van der Waals surface area (Å²) in [5.41, 5.74) is 0.931. The second kappa shape index (κ2) is 6.76. The highest BCUT2D eigenvalue weighted by Crippen LogP contribution is 2.35. The minimum atomic E-state index is -0.367. The number of thioether (sulfide) groups is 2. The van der Waals surface area contributed by atoms with Crippen molar-refractivity contribution in [3.63, 3.8) is 0 Å². The van der Waals surface area contributed by atoms with E-state index < -0.39 is 0 Å². The minimum absolute atomic E-state index is 0.277. The molecule has 0 aromatic heterocycles. The molecule has 0 amide bonds. The van der Waals surface area contributed by atoms with E-state index in [1.807, 2.05) is 35.7 Å². The van der Waals surface area contributed by atoms with E-state index in [9.17, 15) is 5.11 Å². The van der Waals surface area contributed by atoms with Crippen molar-refractivity contribution in [3.05, 3.63) is 33.8 Å². The van der Waals surface area contributed by atoms with Gasteiger partial charge in [-0.25, -0.2) is 0 Å². The highest BCUT2D eigenvalue weighted by Gasteiger charge is 2.29. The Morgan fingerprint density at radius 3 is 2.78 bits per heavy atom. The van der Waals surface area contributed by atoms with Gasteiger partial charge in [-0.2, -0.15) is 23.5 Å². The van der Waals surface area contributed by atoms with E-state index in [0.717, 1.165) is 11.3 Å². The molecular formula is C13H16Cl2OS2. The molecule has 2 rings (SSSR count). The van der Waals surface area contributed by atoms with Crippen LogP contribution in [0.3, 0.4) is 0 Å². The predicted molar refractivity (Wildman–Crippen MR) is 84.3 cm³/mol. The van der Waals surface area contributed by atoms with Crippen LogP contribution in [0.2, 0.25) is 10.0 Å². The zero-order valence-corrected chi connectivity index (χ0v) is 13.2. The van der Waals surface area contributed by atoms with E-state index in [0.29, 0.717) is 21.7 Å². The summed E-state index contributed by atoms with van der Waals surface area (Å²) in [5.74, 6) is 2.28. The summed E-state index contributed by atoms with van der Waals surface area (Å²) in [7, 11) is 0. The van der Waals surface area contributed by atoms with Crippen LogP contribution in [0.1, 0.15) is 12.5 Å². The largest absolute Gasteiger partial charge is 0.392 e. The maximum Gasteiger partial charge on any atom is 0.0710 e. The van der Waals surface area contributed by atoms with Crippen LogP contribution >= 0.6 is 46.7 Å². The normalized spacial score (nSPS) is 26.0. The van der Waals surface area contributed by atoms with Crippen molar-refractivity contribution >= 4 is 46.7 Å². The van der Waals surface area contributed by atoms with E-state index in [1.54, 1.807) is 6.07 Å². The molecule has 1 saturated heterocycles. The Labute approximate surface area is 127 Å². The van der Waals surface area contributed by atoms with Crippen LogP contribution < -0.4 is 0 Å². The molecule has 1 aromatic rings. The molecule has 5 heteroatoms. The second-order valence-corrected chi connectivity index (χ2v) is 7.95. The van der Waals surface area contributed by atoms with Crippen molar-refractivity contribution in [2.45, 2.75) is 29.9 Å². The third kappa shape index (κ3) is 3.51. The molecular weight excluding hydrogens is 307 g/mol. The van der Waals surface area contributed by atoms with Gasteiger partial charge in [-0.1, -0.05) is 42.3 Å². The number of aliphatic hydroxyl groups excluding tert-OH is 1. The summed E-state index contributed by atoms with van der Waals surface area (Å²) < 4.78 is 0. The third-order valence-electron chi connectivity index (χ3n) is 3.08. The first-order valence-corrected chi connectivity index (χ1v) is 8.79. The van der Waals surface area contributed by atoms with Gasteiger partial charge in [-0.3, -0.25) is 0 Å². The van der Waals surface area contributed by atoms with Gasteiger partial charge in [-0.15, -0.1) is 0 Å². The Kier molecular flexibility index (Phi) is 5.58. The van der Waals surface area contributed by atoms with E-state index in [-0.39, 0.29) is 11.4 Å². The summed E-state index contributed by atoms with van der Waals surface area (Å²) in [4.78, 5) is 0. The maximum absolute atomic E-state index is 10.4. The molecule has 0 radical (unpaired) electrons. The summed E-state index contributed by atoms with van der Waals surface area (Å²) in [5, 5.41) is 12.3. The molecule has 1 fully saturated rings. The molecule has 100 valence electrons. The lowest BCUT2D eigenvalue weighted by atomic mass is 10.0. The van der Waals surface area contributed by atoms with E-state index in [4.69, 9.17) is 23.2 Å². The Bertz CT molecular complexity index is 414. The Hall–Kier alpha value is 0.460. The van der Waals surface area contributed by atoms with Gasteiger partial charge < -0.3 is 5.11 Å². The number of rotatable bonds is 3. The maximum atomic E-state index is 10.4. The number of hydrogen-bond donors (Lipinski definition) is 1. The van der Waals surface area contributed by atoms with E-state index in [2.05, 4.69) is 6.92 Å². The minimum Gasteiger partial charge on any atom is -0.392 e. The molecule has 0 aliphatic carbocycles. The lowest BCUT2D eigenvalue weighted by molar-refractivity contribution is 0.171. The van der Waals surface area contributed by atoms with Gasteiger partial charge in [0.2, 0.25) is 0 Å². The fourth-order valence-electron chi connectivity index (χ4n) is 2.12. The van der Waals surface area contributed by atoms with Gasteiger partial charge >= 0.3 is 0 Å². The van der Waals surface area contributed by atoms with E-state index >= 15 is 0 Å². The zero-order chi connectivity index (χ0) is 13.1. The first-order valence-electron chi connectivity index (χ1n) is 5.93. The van der Waals surface area contributed by atoms with Crippen LogP contribution in [-0.2, 0) is 6.42 Å². The van der Waals surface area contributed by atoms with Crippen molar-refractivity contribution in [1.29, 1.82) is 0 Å². The second-order valence-electron chi connectivity index (χ2n) is 4.40. The Morgan fingerprint density at radius 1 is 1.33 bits per heavy atom. The van der Waals surface area contributed by atoms with Crippen molar-refractivity contribution in [2.75, 3.05) is 11.5 Å². The average molecular weight is 323 g/mol. The molecule has 1 aliphatic heterocycles. The molecule has 3 atom stereocenters. The molecule has 1 nitrogen and oxygen atoms in total. The smallest absolute Gasteiger partial charge is 0.0710 e. The first-order chi connectivity index (χ1) is 8.59. The number of aliphatic hydroxyl groups is 1. The Morgan fingerprint density at radius 2 is 2.06 bits per heavy atom. The summed E-state index contributed by atoms with van der Waals surface area (Å²) in [6.07, 6.45) is 0.205. The van der Waals surface area contributed by atoms with Crippen molar-refractivity contribution in [3.8, 4) is 0 Å². The lowest BCUT2D eigenvalue weighted by Crippen LogP contribution is -2.36. The van der Waals surface area contributed by atoms with Gasteiger partial charge in [0.15, 0.2) is 0 Å². The molecule has 1 aromatic carbocycles. The van der Waals surface area contributed by atoms with Gasteiger partial charge in [-0.05, 0) is 11.6 Å². The van der Waals surface area contributed by atoms with Gasteiger partial charge in [0.05, 0.1) is 16.1 Å².